The third-order valence-corrected chi connectivity index (χ3v) is 4.54. The number of allylic oxidation sites excluding steroid dienone is 2. The second kappa shape index (κ2) is 6.25. The van der Waals surface area contributed by atoms with Crippen LogP contribution in [0.25, 0.3) is 5.57 Å². The van der Waals surface area contributed by atoms with E-state index in [0.717, 1.165) is 23.5 Å². The largest absolute Gasteiger partial charge is 0.358 e. The van der Waals surface area contributed by atoms with Gasteiger partial charge in [-0.2, -0.15) is 0 Å². The van der Waals surface area contributed by atoms with Crippen LogP contribution in [-0.2, 0) is 14.9 Å². The number of methoxy groups -OCH3 is 2. The Morgan fingerprint density at radius 1 is 1.22 bits per heavy atom. The molecule has 23 heavy (non-hydrogen) atoms. The summed E-state index contributed by atoms with van der Waals surface area (Å²) in [6.07, 6.45) is 0.505. The zero-order chi connectivity index (χ0) is 17.4. The molecule has 128 valence electrons. The van der Waals surface area contributed by atoms with Gasteiger partial charge in [-0.3, -0.25) is 4.99 Å². The van der Waals surface area contributed by atoms with Gasteiger partial charge >= 0.3 is 0 Å². The maximum absolute atomic E-state index is 5.42. The zero-order valence-electron chi connectivity index (χ0n) is 15.7. The van der Waals surface area contributed by atoms with Gasteiger partial charge < -0.3 is 14.5 Å². The van der Waals surface area contributed by atoms with E-state index in [1.807, 2.05) is 0 Å². The standard InChI is InChI=1S/C19H30N2O2/c1-12(13-9-10-15(20-13)18(2,3)4)14-11-19(5,6)16(21-14)17(22-7)23-8/h9-10,17,20H,11H2,1-8H3/b14-12-. The van der Waals surface area contributed by atoms with Crippen LogP contribution in [0, 0.1) is 5.41 Å². The minimum absolute atomic E-state index is 0.0628. The molecule has 0 saturated carbocycles. The number of H-pyrrole nitrogens is 1. The van der Waals surface area contributed by atoms with Crippen LogP contribution in [0.5, 0.6) is 0 Å². The predicted molar refractivity (Wildman–Crippen MR) is 95.7 cm³/mol. The van der Waals surface area contributed by atoms with Gasteiger partial charge in [-0.25, -0.2) is 0 Å². The molecular formula is C19H30N2O2. The van der Waals surface area contributed by atoms with Crippen LogP contribution in [0.3, 0.4) is 0 Å². The smallest absolute Gasteiger partial charge is 0.197 e. The van der Waals surface area contributed by atoms with Crippen molar-refractivity contribution < 1.29 is 9.47 Å². The molecule has 0 bridgehead atoms. The number of nitrogens with zero attached hydrogens (tertiary/aromatic N) is 1. The van der Waals surface area contributed by atoms with Crippen molar-refractivity contribution in [2.24, 2.45) is 10.4 Å². The first-order valence-corrected chi connectivity index (χ1v) is 8.14. The van der Waals surface area contributed by atoms with E-state index in [2.05, 4.69) is 58.7 Å². The number of rotatable bonds is 4. The first-order chi connectivity index (χ1) is 10.6. The van der Waals surface area contributed by atoms with Crippen LogP contribution >= 0.6 is 0 Å². The van der Waals surface area contributed by atoms with Gasteiger partial charge in [-0.1, -0.05) is 34.6 Å². The summed E-state index contributed by atoms with van der Waals surface area (Å²) in [6, 6.07) is 4.31. The topological polar surface area (TPSA) is 46.6 Å². The zero-order valence-corrected chi connectivity index (χ0v) is 15.7. The fraction of sp³-hybridized carbons (Fsp3) is 0.632. The molecule has 4 nitrogen and oxygen atoms in total. The number of aromatic nitrogens is 1. The Morgan fingerprint density at radius 2 is 1.83 bits per heavy atom. The molecule has 0 aliphatic carbocycles. The first kappa shape index (κ1) is 18.0. The van der Waals surface area contributed by atoms with E-state index in [9.17, 15) is 0 Å². The van der Waals surface area contributed by atoms with E-state index in [1.54, 1.807) is 14.2 Å². The van der Waals surface area contributed by atoms with Crippen molar-refractivity contribution in [1.82, 2.24) is 4.98 Å². The van der Waals surface area contributed by atoms with Crippen molar-refractivity contribution in [3.63, 3.8) is 0 Å². The average Bonchev–Trinajstić information content (AvgIpc) is 3.04. The minimum Gasteiger partial charge on any atom is -0.358 e. The lowest BCUT2D eigenvalue weighted by atomic mass is 9.84. The molecule has 1 aromatic heterocycles. The molecule has 4 heteroatoms. The second-order valence-electron chi connectivity index (χ2n) is 7.97. The third kappa shape index (κ3) is 3.59. The Bertz CT molecular complexity index is 626. The van der Waals surface area contributed by atoms with E-state index in [4.69, 9.17) is 14.5 Å². The summed E-state index contributed by atoms with van der Waals surface area (Å²) in [6.45, 7) is 13.1. The van der Waals surface area contributed by atoms with E-state index >= 15 is 0 Å². The summed E-state index contributed by atoms with van der Waals surface area (Å²) in [5, 5.41) is 0. The number of aromatic amines is 1. The van der Waals surface area contributed by atoms with Crippen molar-refractivity contribution in [1.29, 1.82) is 0 Å². The van der Waals surface area contributed by atoms with Crippen molar-refractivity contribution in [2.45, 2.75) is 59.7 Å². The SMILES string of the molecule is COC(OC)C1=N/C(=C(/C)c2ccc(C(C)(C)C)[nH]2)CC1(C)C. The molecule has 0 radical (unpaired) electrons. The van der Waals surface area contributed by atoms with Crippen LogP contribution in [0.1, 0.15) is 59.4 Å². The summed E-state index contributed by atoms with van der Waals surface area (Å²) < 4.78 is 10.8. The van der Waals surface area contributed by atoms with Gasteiger partial charge in [0.15, 0.2) is 6.29 Å². The van der Waals surface area contributed by atoms with Crippen LogP contribution in [0.4, 0.5) is 0 Å². The molecule has 1 N–H and O–H groups in total. The van der Waals surface area contributed by atoms with Gasteiger partial charge in [-0.05, 0) is 24.6 Å². The Kier molecular flexibility index (Phi) is 4.88. The third-order valence-electron chi connectivity index (χ3n) is 4.54. The quantitative estimate of drug-likeness (QED) is 0.829. The molecule has 2 heterocycles. The lowest BCUT2D eigenvalue weighted by Gasteiger charge is -2.24. The van der Waals surface area contributed by atoms with Gasteiger partial charge in [0.2, 0.25) is 0 Å². The summed E-state index contributed by atoms with van der Waals surface area (Å²) in [7, 11) is 3.31. The molecule has 1 aliphatic heterocycles. The maximum Gasteiger partial charge on any atom is 0.197 e. The number of hydrogen-bond acceptors (Lipinski definition) is 3. The van der Waals surface area contributed by atoms with Crippen LogP contribution in [0.2, 0.25) is 0 Å². The molecule has 0 atom stereocenters. The van der Waals surface area contributed by atoms with Crippen molar-refractivity contribution >= 4 is 11.3 Å². The Labute approximate surface area is 140 Å². The number of ether oxygens (including phenoxy) is 2. The van der Waals surface area contributed by atoms with Gasteiger partial charge in [0, 0.05) is 48.6 Å². The van der Waals surface area contributed by atoms with Gasteiger partial charge in [0.05, 0.1) is 5.71 Å². The van der Waals surface area contributed by atoms with Crippen molar-refractivity contribution in [3.8, 4) is 0 Å². The number of nitrogens with one attached hydrogen (secondary N) is 1. The monoisotopic (exact) mass is 318 g/mol. The highest BCUT2D eigenvalue weighted by atomic mass is 16.7. The normalized spacial score (nSPS) is 20.1. The second-order valence-corrected chi connectivity index (χ2v) is 7.97. The van der Waals surface area contributed by atoms with E-state index in [0.29, 0.717) is 0 Å². The van der Waals surface area contributed by atoms with Gasteiger partial charge in [-0.15, -0.1) is 0 Å². The summed E-state index contributed by atoms with van der Waals surface area (Å²) in [4.78, 5) is 8.40. The molecule has 0 saturated heterocycles. The fourth-order valence-corrected chi connectivity index (χ4v) is 2.96. The lowest BCUT2D eigenvalue weighted by molar-refractivity contribution is -0.0561. The fourth-order valence-electron chi connectivity index (χ4n) is 2.96. The molecule has 1 aliphatic rings. The molecule has 0 aromatic carbocycles. The lowest BCUT2D eigenvalue weighted by Crippen LogP contribution is -2.34. The van der Waals surface area contributed by atoms with Crippen LogP contribution in [0.15, 0.2) is 22.8 Å². The highest BCUT2D eigenvalue weighted by molar-refractivity contribution is 5.96. The summed E-state index contributed by atoms with van der Waals surface area (Å²) in [5.41, 5.74) is 5.68. The number of hydrogen-bond donors (Lipinski definition) is 1. The first-order valence-electron chi connectivity index (χ1n) is 8.14. The number of aliphatic imine (C=N–C) groups is 1. The van der Waals surface area contributed by atoms with E-state index in [1.165, 1.54) is 11.3 Å². The van der Waals surface area contributed by atoms with Crippen LogP contribution in [-0.4, -0.2) is 31.2 Å². The van der Waals surface area contributed by atoms with E-state index < -0.39 is 0 Å². The molecule has 2 rings (SSSR count). The molecule has 0 spiro atoms. The average molecular weight is 318 g/mol. The van der Waals surface area contributed by atoms with Crippen molar-refractivity contribution in [2.75, 3.05) is 14.2 Å². The highest BCUT2D eigenvalue weighted by Crippen LogP contribution is 2.40. The Morgan fingerprint density at radius 3 is 2.30 bits per heavy atom. The van der Waals surface area contributed by atoms with E-state index in [-0.39, 0.29) is 17.1 Å². The maximum atomic E-state index is 5.42. The molecule has 0 amide bonds. The molecular weight excluding hydrogens is 288 g/mol. The van der Waals surface area contributed by atoms with Crippen molar-refractivity contribution in [3.05, 3.63) is 29.2 Å². The van der Waals surface area contributed by atoms with Gasteiger partial charge in [0.25, 0.3) is 0 Å². The minimum atomic E-state index is -0.385. The highest BCUT2D eigenvalue weighted by Gasteiger charge is 2.38. The Hall–Kier alpha value is -1.39. The van der Waals surface area contributed by atoms with Gasteiger partial charge in [0.1, 0.15) is 0 Å². The molecule has 1 aromatic rings. The molecule has 0 unspecified atom stereocenters. The Balaban J connectivity index is 2.40. The van der Waals surface area contributed by atoms with Crippen LogP contribution < -0.4 is 0 Å². The summed E-state index contributed by atoms with van der Waals surface area (Å²) in [5.74, 6) is 0. The summed E-state index contributed by atoms with van der Waals surface area (Å²) >= 11 is 0. The predicted octanol–water partition coefficient (Wildman–Crippen LogP) is 4.53. The molecule has 0 fully saturated rings.